The zero-order chi connectivity index (χ0) is 26.3. The van der Waals surface area contributed by atoms with Gasteiger partial charge in [-0.15, -0.1) is 11.3 Å². The molecule has 0 fully saturated rings. The molecule has 192 valence electrons. The minimum absolute atomic E-state index is 0.0246. The van der Waals surface area contributed by atoms with Crippen LogP contribution in [0.25, 0.3) is 11.0 Å². The second-order valence-corrected chi connectivity index (χ2v) is 9.89. The summed E-state index contributed by atoms with van der Waals surface area (Å²) in [4.78, 5) is 30.6. The maximum Gasteiger partial charge on any atom is 0.425 e. The Bertz CT molecular complexity index is 1510. The molecule has 0 aliphatic carbocycles. The number of thiophene rings is 1. The molecule has 11 heteroatoms. The quantitative estimate of drug-likeness (QED) is 0.380. The van der Waals surface area contributed by atoms with E-state index in [0.717, 1.165) is 22.7 Å². The second-order valence-electron chi connectivity index (χ2n) is 8.72. The highest BCUT2D eigenvalue weighted by molar-refractivity contribution is 7.12. The summed E-state index contributed by atoms with van der Waals surface area (Å²) < 4.78 is 46.7. The first-order chi connectivity index (χ1) is 17.7. The fraction of sp³-hybridized carbons (Fsp3) is 0.269. The van der Waals surface area contributed by atoms with Crippen LogP contribution in [0.1, 0.15) is 36.9 Å². The molecule has 1 aliphatic heterocycles. The first-order valence-corrected chi connectivity index (χ1v) is 12.3. The van der Waals surface area contributed by atoms with E-state index >= 15 is 0 Å². The van der Waals surface area contributed by atoms with Gasteiger partial charge < -0.3 is 19.3 Å². The van der Waals surface area contributed by atoms with Gasteiger partial charge in [0.15, 0.2) is 0 Å². The summed E-state index contributed by atoms with van der Waals surface area (Å²) in [5.41, 5.74) is 3.21. The molecule has 0 spiro atoms. The van der Waals surface area contributed by atoms with E-state index in [9.17, 15) is 27.9 Å². The molecule has 7 nitrogen and oxygen atoms in total. The van der Waals surface area contributed by atoms with Crippen molar-refractivity contribution in [3.8, 4) is 5.75 Å². The highest BCUT2D eigenvalue weighted by Gasteiger charge is 2.33. The highest BCUT2D eigenvalue weighted by atomic mass is 32.1. The maximum absolute atomic E-state index is 13.3. The number of aromatic carboxylic acids is 1. The topological polar surface area (TPSA) is 84.7 Å². The molecule has 4 aromatic rings. The van der Waals surface area contributed by atoms with Crippen molar-refractivity contribution in [3.63, 3.8) is 0 Å². The number of ether oxygens (including phenoxy) is 1. The van der Waals surface area contributed by atoms with Crippen LogP contribution >= 0.6 is 11.3 Å². The lowest BCUT2D eigenvalue weighted by molar-refractivity contribution is -0.134. The first-order valence-electron chi connectivity index (χ1n) is 11.4. The molecule has 4 heterocycles. The molecule has 5 rings (SSSR count). The van der Waals surface area contributed by atoms with Gasteiger partial charge in [0.2, 0.25) is 5.91 Å². The molecule has 0 bridgehead atoms. The van der Waals surface area contributed by atoms with Crippen LogP contribution in [0.4, 0.5) is 13.2 Å². The van der Waals surface area contributed by atoms with Crippen molar-refractivity contribution < 1.29 is 32.6 Å². The Kier molecular flexibility index (Phi) is 6.40. The van der Waals surface area contributed by atoms with Gasteiger partial charge in [-0.2, -0.15) is 13.2 Å². The molecule has 1 N–H and O–H groups in total. The van der Waals surface area contributed by atoms with Gasteiger partial charge in [-0.1, -0.05) is 6.07 Å². The average Bonchev–Trinajstić information content (AvgIpc) is 3.47. The third-order valence-corrected chi connectivity index (χ3v) is 7.61. The number of carbonyl (C=O) groups is 2. The summed E-state index contributed by atoms with van der Waals surface area (Å²) in [5.74, 6) is -0.927. The zero-order valence-corrected chi connectivity index (χ0v) is 20.5. The molecule has 0 radical (unpaired) electrons. The Labute approximate surface area is 213 Å². The number of rotatable bonds is 6. The Morgan fingerprint density at radius 3 is 2.70 bits per heavy atom. The van der Waals surface area contributed by atoms with Crippen molar-refractivity contribution in [1.29, 1.82) is 0 Å². The fourth-order valence-corrected chi connectivity index (χ4v) is 5.58. The lowest BCUT2D eigenvalue weighted by atomic mass is 10.0. The Hall–Kier alpha value is -3.86. The van der Waals surface area contributed by atoms with Crippen molar-refractivity contribution in [3.05, 3.63) is 80.8 Å². The van der Waals surface area contributed by atoms with Crippen LogP contribution in [-0.2, 0) is 36.9 Å². The zero-order valence-electron chi connectivity index (χ0n) is 19.7. The number of carbonyl (C=O) groups excluding carboxylic acids is 1. The summed E-state index contributed by atoms with van der Waals surface area (Å²) in [5, 5.41) is 10.1. The van der Waals surface area contributed by atoms with E-state index in [4.69, 9.17) is 4.74 Å². The number of pyridine rings is 1. The highest BCUT2D eigenvalue weighted by Crippen LogP contribution is 2.36. The van der Waals surface area contributed by atoms with Crippen molar-refractivity contribution >= 4 is 34.2 Å². The lowest BCUT2D eigenvalue weighted by Crippen LogP contribution is -2.37. The molecule has 0 saturated heterocycles. The first kappa shape index (κ1) is 24.8. The molecule has 3 aromatic heterocycles. The van der Waals surface area contributed by atoms with Crippen molar-refractivity contribution in [1.82, 2.24) is 14.5 Å². The fourth-order valence-electron chi connectivity index (χ4n) is 4.71. The molecule has 1 aromatic carbocycles. The van der Waals surface area contributed by atoms with Gasteiger partial charge in [-0.25, -0.2) is 9.78 Å². The summed E-state index contributed by atoms with van der Waals surface area (Å²) in [6, 6.07) is 10.7. The molecular weight excluding hydrogens is 507 g/mol. The summed E-state index contributed by atoms with van der Waals surface area (Å²) >= 11 is 0.704. The van der Waals surface area contributed by atoms with E-state index in [0.29, 0.717) is 46.1 Å². The monoisotopic (exact) mass is 529 g/mol. The molecule has 1 aliphatic rings. The van der Waals surface area contributed by atoms with Gasteiger partial charge >= 0.3 is 12.1 Å². The maximum atomic E-state index is 13.3. The Morgan fingerprint density at radius 2 is 2.00 bits per heavy atom. The van der Waals surface area contributed by atoms with Gasteiger partial charge in [0.05, 0.1) is 32.2 Å². The number of methoxy groups -OCH3 is 1. The largest absolute Gasteiger partial charge is 0.496 e. The number of alkyl halides is 3. The summed E-state index contributed by atoms with van der Waals surface area (Å²) in [6.45, 7) is 0.986. The van der Waals surface area contributed by atoms with Crippen LogP contribution in [0, 0.1) is 0 Å². The van der Waals surface area contributed by atoms with E-state index in [2.05, 4.69) is 4.98 Å². The van der Waals surface area contributed by atoms with Crippen LogP contribution in [0.15, 0.2) is 48.7 Å². The number of benzene rings is 1. The van der Waals surface area contributed by atoms with E-state index in [1.54, 1.807) is 17.2 Å². The lowest BCUT2D eigenvalue weighted by Gasteiger charge is -2.29. The third-order valence-electron chi connectivity index (χ3n) is 6.50. The smallest absolute Gasteiger partial charge is 0.425 e. The van der Waals surface area contributed by atoms with Gasteiger partial charge in [0.25, 0.3) is 0 Å². The van der Waals surface area contributed by atoms with E-state index in [1.165, 1.54) is 25.3 Å². The van der Waals surface area contributed by atoms with E-state index < -0.39 is 17.0 Å². The van der Waals surface area contributed by atoms with Gasteiger partial charge in [0, 0.05) is 34.3 Å². The molecule has 0 saturated carbocycles. The number of carboxylic acids is 1. The average molecular weight is 530 g/mol. The Balaban J connectivity index is 1.43. The predicted molar refractivity (Wildman–Crippen MR) is 131 cm³/mol. The number of aromatic nitrogens is 2. The van der Waals surface area contributed by atoms with Gasteiger partial charge in [-0.05, 0) is 48.4 Å². The number of amides is 1. The normalized spacial score (nSPS) is 13.6. The minimum atomic E-state index is -4.40. The second kappa shape index (κ2) is 9.55. The van der Waals surface area contributed by atoms with Crippen molar-refractivity contribution in [2.45, 2.75) is 32.1 Å². The SMILES string of the molecule is COc1cc(C(=O)O)ccc1CC(=O)N1CCc2c(n(Cc3ccc(C(F)(F)F)s3)c3ncccc23)C1. The number of fused-ring (bicyclic) bond motifs is 3. The third kappa shape index (κ3) is 4.78. The predicted octanol–water partition coefficient (Wildman–Crippen LogP) is 5.00. The number of carboxylic acid groups (broad SMARTS) is 1. The van der Waals surface area contributed by atoms with E-state index in [-0.39, 0.29) is 31.0 Å². The van der Waals surface area contributed by atoms with Crippen molar-refractivity contribution in [2.75, 3.05) is 13.7 Å². The van der Waals surface area contributed by atoms with Crippen LogP contribution in [0.5, 0.6) is 5.75 Å². The standard InChI is InChI=1S/C26H22F3N3O4S/c1-36-21-11-16(25(34)35)5-4-15(21)12-23(33)31-10-8-18-19-3-2-9-30-24(19)32(20(18)14-31)13-17-6-7-22(37-17)26(27,28)29/h2-7,9,11H,8,10,12-14H2,1H3,(H,34,35). The molecule has 1 amide bonds. The van der Waals surface area contributed by atoms with Crippen molar-refractivity contribution in [2.24, 2.45) is 0 Å². The summed E-state index contributed by atoms with van der Waals surface area (Å²) in [7, 11) is 1.42. The van der Waals surface area contributed by atoms with Gasteiger partial charge in [0.1, 0.15) is 16.3 Å². The number of hydrogen-bond donors (Lipinski definition) is 1. The molecule has 37 heavy (non-hydrogen) atoms. The number of nitrogens with zero attached hydrogens (tertiary/aromatic N) is 3. The Morgan fingerprint density at radius 1 is 1.19 bits per heavy atom. The van der Waals surface area contributed by atoms with E-state index in [1.807, 2.05) is 16.7 Å². The summed E-state index contributed by atoms with van der Waals surface area (Å²) in [6.07, 6.45) is -2.14. The van der Waals surface area contributed by atoms with Gasteiger partial charge in [-0.3, -0.25) is 4.79 Å². The molecular formula is C26H22F3N3O4S. The number of halogens is 3. The minimum Gasteiger partial charge on any atom is -0.496 e. The van der Waals surface area contributed by atoms with Crippen LogP contribution in [0.3, 0.4) is 0 Å². The van der Waals surface area contributed by atoms with Crippen LogP contribution < -0.4 is 4.74 Å². The molecule has 0 atom stereocenters. The van der Waals surface area contributed by atoms with Crippen LogP contribution in [0.2, 0.25) is 0 Å². The number of hydrogen-bond acceptors (Lipinski definition) is 5. The molecule has 0 unspecified atom stereocenters. The van der Waals surface area contributed by atoms with Crippen LogP contribution in [-0.4, -0.2) is 45.1 Å².